The Morgan fingerprint density at radius 1 is 0.903 bits per heavy atom. The molecule has 4 rings (SSSR count). The maximum Gasteiger partial charge on any atom is 0.290 e. The molecule has 0 saturated carbocycles. The van der Waals surface area contributed by atoms with Crippen LogP contribution in [0.2, 0.25) is 0 Å². The van der Waals surface area contributed by atoms with E-state index < -0.39 is 0 Å². The molecule has 0 aliphatic carbocycles. The number of aliphatic hydroxyl groups is 1. The van der Waals surface area contributed by atoms with Crippen LogP contribution in [0.5, 0.6) is 0 Å². The molecule has 31 heavy (non-hydrogen) atoms. The summed E-state index contributed by atoms with van der Waals surface area (Å²) >= 11 is 1.69. The van der Waals surface area contributed by atoms with Crippen LogP contribution in [0.4, 0.5) is 0 Å². The van der Waals surface area contributed by atoms with Gasteiger partial charge in [0, 0.05) is 17.0 Å². The van der Waals surface area contributed by atoms with Crippen LogP contribution in [0.1, 0.15) is 40.8 Å². The lowest BCUT2D eigenvalue weighted by molar-refractivity contribution is -0.130. The fourth-order valence-electron chi connectivity index (χ4n) is 4.05. The second-order valence-corrected chi connectivity index (χ2v) is 8.79. The van der Waals surface area contributed by atoms with Crippen molar-refractivity contribution in [2.24, 2.45) is 0 Å². The quantitative estimate of drug-likeness (QED) is 0.465. The van der Waals surface area contributed by atoms with Crippen LogP contribution < -0.4 is 0 Å². The Bertz CT molecular complexity index is 1100. The van der Waals surface area contributed by atoms with Gasteiger partial charge in [0.25, 0.3) is 5.91 Å². The van der Waals surface area contributed by atoms with Gasteiger partial charge in [0.2, 0.25) is 0 Å². The molecule has 1 aliphatic rings. The SMILES string of the molecule is CCc1ccc([C@H]2C(c3ccc(C)cc3)=C(O)C(=O)N2Cc2ccc(SC)cc2)cc1. The van der Waals surface area contributed by atoms with E-state index >= 15 is 0 Å². The topological polar surface area (TPSA) is 40.5 Å². The minimum absolute atomic E-state index is 0.158. The molecule has 0 spiro atoms. The second kappa shape index (κ2) is 9.03. The van der Waals surface area contributed by atoms with Crippen molar-refractivity contribution >= 4 is 23.2 Å². The molecule has 3 aromatic carbocycles. The largest absolute Gasteiger partial charge is 0.503 e. The first-order valence-corrected chi connectivity index (χ1v) is 11.8. The number of benzene rings is 3. The van der Waals surface area contributed by atoms with E-state index in [9.17, 15) is 9.90 Å². The zero-order valence-electron chi connectivity index (χ0n) is 18.1. The highest BCUT2D eigenvalue weighted by molar-refractivity contribution is 7.98. The average Bonchev–Trinajstić information content (AvgIpc) is 3.05. The van der Waals surface area contributed by atoms with Gasteiger partial charge in [-0.05, 0) is 54.0 Å². The Labute approximate surface area is 188 Å². The summed E-state index contributed by atoms with van der Waals surface area (Å²) in [6.07, 6.45) is 3.01. The predicted molar refractivity (Wildman–Crippen MR) is 128 cm³/mol. The van der Waals surface area contributed by atoms with E-state index in [4.69, 9.17) is 0 Å². The van der Waals surface area contributed by atoms with Crippen molar-refractivity contribution in [3.8, 4) is 0 Å². The first-order valence-electron chi connectivity index (χ1n) is 10.5. The highest BCUT2D eigenvalue weighted by Crippen LogP contribution is 2.43. The van der Waals surface area contributed by atoms with Gasteiger partial charge in [-0.1, -0.05) is 73.2 Å². The molecular weight excluding hydrogens is 402 g/mol. The summed E-state index contributed by atoms with van der Waals surface area (Å²) in [6, 6.07) is 24.3. The molecule has 0 bridgehead atoms. The van der Waals surface area contributed by atoms with Crippen LogP contribution in [0, 0.1) is 6.92 Å². The molecule has 158 valence electrons. The predicted octanol–water partition coefficient (Wildman–Crippen LogP) is 6.33. The van der Waals surface area contributed by atoms with Crippen molar-refractivity contribution in [2.45, 2.75) is 37.8 Å². The molecule has 3 aromatic rings. The Morgan fingerprint density at radius 3 is 2.10 bits per heavy atom. The first-order chi connectivity index (χ1) is 15.0. The summed E-state index contributed by atoms with van der Waals surface area (Å²) in [7, 11) is 0. The fourth-order valence-corrected chi connectivity index (χ4v) is 4.46. The van der Waals surface area contributed by atoms with Crippen LogP contribution in [0.3, 0.4) is 0 Å². The van der Waals surface area contributed by atoms with Gasteiger partial charge in [0.1, 0.15) is 0 Å². The van der Waals surface area contributed by atoms with Gasteiger partial charge in [-0.2, -0.15) is 0 Å². The maximum atomic E-state index is 13.2. The Balaban J connectivity index is 1.77. The standard InChI is InChI=1S/C27H27NO2S/c1-4-19-7-13-22(14-8-19)25-24(21-11-5-18(2)6-12-21)26(29)27(30)28(25)17-20-9-15-23(31-3)16-10-20/h5-16,25,29H,4,17H2,1-3H3/t25-/m0/s1. The third-order valence-electron chi connectivity index (χ3n) is 5.88. The van der Waals surface area contributed by atoms with Crippen LogP contribution in [-0.2, 0) is 17.8 Å². The average molecular weight is 430 g/mol. The number of aryl methyl sites for hydroxylation is 2. The number of carbonyl (C=O) groups is 1. The smallest absolute Gasteiger partial charge is 0.290 e. The third-order valence-corrected chi connectivity index (χ3v) is 6.63. The Hall–Kier alpha value is -2.98. The van der Waals surface area contributed by atoms with Crippen molar-refractivity contribution in [1.82, 2.24) is 4.90 Å². The molecule has 0 fully saturated rings. The molecule has 1 amide bonds. The number of nitrogens with zero attached hydrogens (tertiary/aromatic N) is 1. The lowest BCUT2D eigenvalue weighted by Crippen LogP contribution is -2.29. The minimum atomic E-state index is -0.332. The number of hydrogen-bond acceptors (Lipinski definition) is 3. The number of carbonyl (C=O) groups excluding carboxylic acids is 1. The van der Waals surface area contributed by atoms with E-state index in [0.29, 0.717) is 12.1 Å². The van der Waals surface area contributed by atoms with E-state index in [1.165, 1.54) is 10.5 Å². The van der Waals surface area contributed by atoms with E-state index in [-0.39, 0.29) is 17.7 Å². The van der Waals surface area contributed by atoms with Crippen LogP contribution in [0.25, 0.3) is 5.57 Å². The highest BCUT2D eigenvalue weighted by atomic mass is 32.2. The third kappa shape index (κ3) is 4.26. The summed E-state index contributed by atoms with van der Waals surface area (Å²) in [5.41, 5.74) is 5.99. The molecule has 3 nitrogen and oxygen atoms in total. The molecule has 1 N–H and O–H groups in total. The van der Waals surface area contributed by atoms with Crippen LogP contribution >= 0.6 is 11.8 Å². The molecule has 0 saturated heterocycles. The molecule has 1 heterocycles. The number of hydrogen-bond donors (Lipinski definition) is 1. The molecular formula is C27H27NO2S. The summed E-state index contributed by atoms with van der Waals surface area (Å²) in [5.74, 6) is -0.483. The molecule has 0 unspecified atom stereocenters. The van der Waals surface area contributed by atoms with Crippen molar-refractivity contribution < 1.29 is 9.90 Å². The monoisotopic (exact) mass is 429 g/mol. The number of thioether (sulfide) groups is 1. The highest BCUT2D eigenvalue weighted by Gasteiger charge is 2.40. The van der Waals surface area contributed by atoms with Crippen molar-refractivity contribution in [1.29, 1.82) is 0 Å². The molecule has 0 radical (unpaired) electrons. The second-order valence-electron chi connectivity index (χ2n) is 7.91. The van der Waals surface area contributed by atoms with Gasteiger partial charge < -0.3 is 10.0 Å². The lowest BCUT2D eigenvalue weighted by atomic mass is 9.92. The van der Waals surface area contributed by atoms with Crippen LogP contribution in [-0.4, -0.2) is 22.2 Å². The zero-order chi connectivity index (χ0) is 22.0. The van der Waals surface area contributed by atoms with Gasteiger partial charge >= 0.3 is 0 Å². The van der Waals surface area contributed by atoms with Crippen molar-refractivity contribution in [2.75, 3.05) is 6.26 Å². The van der Waals surface area contributed by atoms with E-state index in [1.54, 1.807) is 16.7 Å². The number of rotatable bonds is 6. The van der Waals surface area contributed by atoms with Crippen molar-refractivity contribution in [3.05, 3.63) is 106 Å². The van der Waals surface area contributed by atoms with Gasteiger partial charge in [-0.15, -0.1) is 11.8 Å². The molecule has 4 heteroatoms. The zero-order valence-corrected chi connectivity index (χ0v) is 18.9. The minimum Gasteiger partial charge on any atom is -0.503 e. The summed E-state index contributed by atoms with van der Waals surface area (Å²) in [6.45, 7) is 4.60. The normalized spacial score (nSPS) is 16.3. The van der Waals surface area contributed by atoms with Gasteiger partial charge in [-0.25, -0.2) is 0 Å². The van der Waals surface area contributed by atoms with Gasteiger partial charge in [0.05, 0.1) is 6.04 Å². The maximum absolute atomic E-state index is 13.2. The summed E-state index contributed by atoms with van der Waals surface area (Å²) < 4.78 is 0. The first kappa shape index (κ1) is 21.3. The molecule has 1 atom stereocenters. The fraction of sp³-hybridized carbons (Fsp3) is 0.222. The van der Waals surface area contributed by atoms with Crippen molar-refractivity contribution in [3.63, 3.8) is 0 Å². The van der Waals surface area contributed by atoms with E-state index in [2.05, 4.69) is 55.5 Å². The van der Waals surface area contributed by atoms with E-state index in [1.807, 2.05) is 37.4 Å². The van der Waals surface area contributed by atoms with Gasteiger partial charge in [0.15, 0.2) is 5.76 Å². The molecule has 0 aromatic heterocycles. The number of aliphatic hydroxyl groups excluding tert-OH is 1. The molecule has 1 aliphatic heterocycles. The summed E-state index contributed by atoms with van der Waals surface area (Å²) in [4.78, 5) is 16.2. The van der Waals surface area contributed by atoms with E-state index in [0.717, 1.165) is 28.7 Å². The van der Waals surface area contributed by atoms with Gasteiger partial charge in [-0.3, -0.25) is 4.79 Å². The lowest BCUT2D eigenvalue weighted by Gasteiger charge is -2.28. The number of amides is 1. The summed E-state index contributed by atoms with van der Waals surface area (Å²) in [5, 5.41) is 10.9. The Kier molecular flexibility index (Phi) is 6.19. The Morgan fingerprint density at radius 2 is 1.52 bits per heavy atom. The van der Waals surface area contributed by atoms with Crippen LogP contribution in [0.15, 0.2) is 83.5 Å².